The van der Waals surface area contributed by atoms with Crippen LogP contribution >= 0.6 is 0 Å². The van der Waals surface area contributed by atoms with Crippen LogP contribution in [0, 0.1) is 27.7 Å². The first-order valence-electron chi connectivity index (χ1n) is 12.8. The van der Waals surface area contributed by atoms with Gasteiger partial charge in [0.25, 0.3) is 0 Å². The van der Waals surface area contributed by atoms with Crippen LogP contribution in [-0.2, 0) is 19.3 Å². The highest BCUT2D eigenvalue weighted by atomic mass is 14.3. The molecule has 0 aliphatic rings. The summed E-state index contributed by atoms with van der Waals surface area (Å²) in [4.78, 5) is 0. The average Bonchev–Trinajstić information content (AvgIpc) is 2.77. The Morgan fingerprint density at radius 3 is 1.82 bits per heavy atom. The van der Waals surface area contributed by atoms with E-state index in [1.165, 1.54) is 65.5 Å². The molecule has 2 rings (SSSR count). The Hall–Kier alpha value is -1.17. The normalized spacial score (nSPS) is 11.1. The van der Waals surface area contributed by atoms with E-state index in [9.17, 15) is 0 Å². The molecule has 0 heterocycles. The summed E-state index contributed by atoms with van der Waals surface area (Å²) >= 11 is 0. The standard InChI is InChI=1S/C27H37B6/c1-8-11-13-15-22-21(14-12-9-2)16(4)20(10-3)17(5)23(22)24-18(6)25(28)26(32-29)19(7)27(24)33(30)31/h8-15H2,1-7H3. The predicted octanol–water partition coefficient (Wildman–Crippen LogP) is 3.46. The van der Waals surface area contributed by atoms with Gasteiger partial charge in [0.05, 0.1) is 13.7 Å². The summed E-state index contributed by atoms with van der Waals surface area (Å²) < 4.78 is 0. The van der Waals surface area contributed by atoms with Crippen molar-refractivity contribution in [3.05, 3.63) is 38.9 Å². The van der Waals surface area contributed by atoms with Crippen molar-refractivity contribution < 1.29 is 0 Å². The first-order chi connectivity index (χ1) is 15.7. The lowest BCUT2D eigenvalue weighted by Crippen LogP contribution is -2.47. The molecule has 0 fully saturated rings. The third kappa shape index (κ3) is 5.57. The van der Waals surface area contributed by atoms with E-state index in [-0.39, 0.29) is 0 Å². The van der Waals surface area contributed by atoms with Crippen LogP contribution in [0.2, 0.25) is 0 Å². The van der Waals surface area contributed by atoms with Gasteiger partial charge in [-0.2, -0.15) is 0 Å². The highest BCUT2D eigenvalue weighted by Crippen LogP contribution is 2.38. The predicted molar refractivity (Wildman–Crippen MR) is 155 cm³/mol. The molecule has 2 aromatic rings. The summed E-state index contributed by atoms with van der Waals surface area (Å²) in [6, 6.07) is 0. The van der Waals surface area contributed by atoms with Crippen molar-refractivity contribution in [2.45, 2.75) is 99.8 Å². The molecule has 6 heteroatoms. The monoisotopic (exact) mass is 427 g/mol. The van der Waals surface area contributed by atoms with E-state index in [1.54, 1.807) is 7.17 Å². The highest BCUT2D eigenvalue weighted by Gasteiger charge is 2.26. The summed E-state index contributed by atoms with van der Waals surface area (Å²) in [6.45, 7) is 14.9. The summed E-state index contributed by atoms with van der Waals surface area (Å²) in [5, 5.41) is 0. The molecule has 2 aromatic carbocycles. The molecule has 0 atom stereocenters. The molecule has 0 saturated carbocycles. The van der Waals surface area contributed by atoms with Crippen LogP contribution < -0.4 is 16.4 Å². The van der Waals surface area contributed by atoms with Gasteiger partial charge in [0, 0.05) is 23.2 Å². The van der Waals surface area contributed by atoms with Gasteiger partial charge < -0.3 is 0 Å². The molecule has 0 aliphatic heterocycles. The Morgan fingerprint density at radius 2 is 1.30 bits per heavy atom. The molecule has 0 saturated heterocycles. The fraction of sp³-hybridized carbons (Fsp3) is 0.556. The second-order valence-corrected chi connectivity index (χ2v) is 9.53. The van der Waals surface area contributed by atoms with E-state index in [4.69, 9.17) is 31.1 Å². The second kappa shape index (κ2) is 12.5. The van der Waals surface area contributed by atoms with E-state index < -0.39 is 6.49 Å². The quantitative estimate of drug-likeness (QED) is 0.381. The fourth-order valence-corrected chi connectivity index (χ4v) is 5.63. The molecule has 0 unspecified atom stereocenters. The Balaban J connectivity index is 3.08. The molecule has 0 amide bonds. The highest BCUT2D eigenvalue weighted by molar-refractivity contribution is 7.35. The van der Waals surface area contributed by atoms with Crippen LogP contribution in [-0.4, -0.2) is 44.7 Å². The SMILES string of the molecule is [B][B]c1c([B])c(C)c(-c2c(C)c(CC)c(C)c(CCCC)c2CCCCC)c(B([B])[B])c1C. The second-order valence-electron chi connectivity index (χ2n) is 9.53. The van der Waals surface area contributed by atoms with E-state index in [1.807, 2.05) is 6.92 Å². The maximum absolute atomic E-state index is 6.65. The molecule has 163 valence electrons. The van der Waals surface area contributed by atoms with Crippen molar-refractivity contribution in [2.75, 3.05) is 0 Å². The molecular weight excluding hydrogens is 389 g/mol. The lowest BCUT2D eigenvalue weighted by molar-refractivity contribution is 0.706. The van der Waals surface area contributed by atoms with Crippen molar-refractivity contribution >= 4 is 61.1 Å². The first-order valence-corrected chi connectivity index (χ1v) is 12.8. The van der Waals surface area contributed by atoms with Crippen LogP contribution in [0.4, 0.5) is 0 Å². The smallest absolute Gasteiger partial charge is 0.102 e. The van der Waals surface area contributed by atoms with E-state index >= 15 is 0 Å². The van der Waals surface area contributed by atoms with Crippen LogP contribution in [0.15, 0.2) is 0 Å². The molecule has 33 heavy (non-hydrogen) atoms. The Bertz CT molecular complexity index is 978. The van der Waals surface area contributed by atoms with Crippen molar-refractivity contribution in [1.29, 1.82) is 0 Å². The Labute approximate surface area is 210 Å². The molecule has 0 nitrogen and oxygen atoms in total. The van der Waals surface area contributed by atoms with E-state index in [0.717, 1.165) is 52.3 Å². The largest absolute Gasteiger partial charge is 0.113 e. The van der Waals surface area contributed by atoms with Crippen LogP contribution in [0.3, 0.4) is 0 Å². The van der Waals surface area contributed by atoms with E-state index in [0.29, 0.717) is 0 Å². The van der Waals surface area contributed by atoms with Gasteiger partial charge in [-0.05, 0) is 98.7 Å². The Morgan fingerprint density at radius 1 is 0.697 bits per heavy atom. The maximum Gasteiger partial charge on any atom is 0.113 e. The Kier molecular flexibility index (Phi) is 10.6. The van der Waals surface area contributed by atoms with Crippen molar-refractivity contribution in [2.24, 2.45) is 0 Å². The van der Waals surface area contributed by atoms with E-state index in [2.05, 4.69) is 41.5 Å². The van der Waals surface area contributed by atoms with Crippen LogP contribution in [0.25, 0.3) is 11.1 Å². The third-order valence-corrected chi connectivity index (χ3v) is 7.46. The lowest BCUT2D eigenvalue weighted by atomic mass is 9.15. The minimum Gasteiger partial charge on any atom is -0.102 e. The summed E-state index contributed by atoms with van der Waals surface area (Å²) in [6.07, 6.45) is 9.17. The zero-order valence-electron chi connectivity index (χ0n) is 22.1. The fourth-order valence-electron chi connectivity index (χ4n) is 5.63. The molecule has 0 aliphatic carbocycles. The van der Waals surface area contributed by atoms with Gasteiger partial charge in [0.2, 0.25) is 0 Å². The number of benzene rings is 2. The number of rotatable bonds is 11. The van der Waals surface area contributed by atoms with Crippen molar-refractivity contribution in [3.8, 4) is 11.1 Å². The van der Waals surface area contributed by atoms with Crippen molar-refractivity contribution in [3.63, 3.8) is 0 Å². The van der Waals surface area contributed by atoms with Crippen LogP contribution in [0.1, 0.15) is 91.8 Å². The molecular formula is C27H37B6. The van der Waals surface area contributed by atoms with Gasteiger partial charge in [-0.25, -0.2) is 0 Å². The number of hydrogen-bond acceptors (Lipinski definition) is 0. The van der Waals surface area contributed by atoms with Gasteiger partial charge in [0.15, 0.2) is 0 Å². The first kappa shape index (κ1) is 28.1. The average molecular weight is 426 g/mol. The van der Waals surface area contributed by atoms with Gasteiger partial charge in [-0.3, -0.25) is 0 Å². The van der Waals surface area contributed by atoms with Gasteiger partial charge >= 0.3 is 0 Å². The summed E-state index contributed by atoms with van der Waals surface area (Å²) in [5.41, 5.74) is 14.2. The zero-order valence-corrected chi connectivity index (χ0v) is 22.1. The molecule has 0 spiro atoms. The third-order valence-electron chi connectivity index (χ3n) is 7.46. The van der Waals surface area contributed by atoms with Crippen LogP contribution in [0.5, 0.6) is 0 Å². The summed E-state index contributed by atoms with van der Waals surface area (Å²) in [7, 11) is 27.0. The number of unbranched alkanes of at least 4 members (excludes halogenated alkanes) is 3. The van der Waals surface area contributed by atoms with Gasteiger partial charge in [0.1, 0.15) is 7.85 Å². The minimum absolute atomic E-state index is 0.605. The molecule has 0 N–H and O–H groups in total. The molecule has 0 aromatic heterocycles. The zero-order chi connectivity index (χ0) is 24.9. The molecule has 0 bridgehead atoms. The van der Waals surface area contributed by atoms with Gasteiger partial charge in [-0.15, -0.1) is 5.46 Å². The van der Waals surface area contributed by atoms with Gasteiger partial charge in [-0.1, -0.05) is 62.1 Å². The topological polar surface area (TPSA) is 0 Å². The maximum atomic E-state index is 6.65. The minimum atomic E-state index is -0.605. The molecule has 9 radical (unpaired) electrons. The number of hydrogen-bond donors (Lipinski definition) is 0. The summed E-state index contributed by atoms with van der Waals surface area (Å²) in [5.74, 6) is 0. The van der Waals surface area contributed by atoms with Crippen molar-refractivity contribution in [1.82, 2.24) is 0 Å². The lowest BCUT2D eigenvalue weighted by Gasteiger charge is -2.30.